The average molecular weight is 244 g/mol. The van der Waals surface area contributed by atoms with Gasteiger partial charge in [0, 0.05) is 0 Å². The van der Waals surface area contributed by atoms with Crippen molar-refractivity contribution in [3.63, 3.8) is 0 Å². The van der Waals surface area contributed by atoms with Crippen molar-refractivity contribution >= 4 is 0 Å². The maximum atomic E-state index is 9.97. The van der Waals surface area contributed by atoms with Crippen LogP contribution in [0.5, 0.6) is 0 Å². The Bertz CT molecular complexity index is 192. The minimum absolute atomic E-state index is 0.106. The number of aliphatic hydroxyl groups is 1. The number of ether oxygens (including phenoxy) is 2. The summed E-state index contributed by atoms with van der Waals surface area (Å²) < 4.78 is 11.0. The third kappa shape index (κ3) is 7.02. The second-order valence-corrected chi connectivity index (χ2v) is 6.00. The van der Waals surface area contributed by atoms with Crippen LogP contribution in [0.1, 0.15) is 52.9 Å². The van der Waals surface area contributed by atoms with Crippen molar-refractivity contribution in [1.29, 1.82) is 0 Å². The Kier molecular flexibility index (Phi) is 6.45. The van der Waals surface area contributed by atoms with Crippen LogP contribution in [-0.2, 0) is 9.47 Å². The number of aliphatic hydroxyl groups excluding tert-OH is 1. The van der Waals surface area contributed by atoms with Crippen LogP contribution in [0.2, 0.25) is 0 Å². The van der Waals surface area contributed by atoms with E-state index in [-0.39, 0.29) is 11.7 Å². The minimum atomic E-state index is -0.287. The molecule has 0 aliphatic heterocycles. The highest BCUT2D eigenvalue weighted by Crippen LogP contribution is 2.26. The van der Waals surface area contributed by atoms with Crippen molar-refractivity contribution in [2.45, 2.75) is 64.6 Å². The third-order valence-electron chi connectivity index (χ3n) is 3.25. The molecule has 1 rings (SSSR count). The van der Waals surface area contributed by atoms with Crippen LogP contribution in [0.15, 0.2) is 0 Å². The van der Waals surface area contributed by atoms with Crippen LogP contribution < -0.4 is 0 Å². The van der Waals surface area contributed by atoms with Gasteiger partial charge in [0.05, 0.1) is 31.5 Å². The van der Waals surface area contributed by atoms with E-state index in [2.05, 4.69) is 0 Å². The molecule has 0 amide bonds. The predicted molar refractivity (Wildman–Crippen MR) is 69.1 cm³/mol. The van der Waals surface area contributed by atoms with Gasteiger partial charge in [0.25, 0.3) is 0 Å². The Hall–Kier alpha value is -0.120. The van der Waals surface area contributed by atoms with Crippen molar-refractivity contribution in [3.05, 3.63) is 0 Å². The van der Waals surface area contributed by atoms with Crippen LogP contribution in [0.3, 0.4) is 0 Å². The monoisotopic (exact) mass is 244 g/mol. The van der Waals surface area contributed by atoms with Crippen molar-refractivity contribution in [2.75, 3.05) is 19.8 Å². The fraction of sp³-hybridized carbons (Fsp3) is 1.00. The van der Waals surface area contributed by atoms with Crippen LogP contribution in [-0.4, -0.2) is 36.6 Å². The van der Waals surface area contributed by atoms with Gasteiger partial charge in [-0.2, -0.15) is 0 Å². The number of hydrogen-bond acceptors (Lipinski definition) is 3. The predicted octanol–water partition coefficient (Wildman–Crippen LogP) is 2.76. The van der Waals surface area contributed by atoms with E-state index in [0.29, 0.717) is 25.7 Å². The SMILES string of the molecule is CC(C)(C)OCCOCC(O)C1CCCCC1. The van der Waals surface area contributed by atoms with E-state index in [0.717, 1.165) is 12.8 Å². The summed E-state index contributed by atoms with van der Waals surface area (Å²) in [4.78, 5) is 0. The molecule has 1 aliphatic rings. The molecular weight excluding hydrogens is 216 g/mol. The minimum Gasteiger partial charge on any atom is -0.390 e. The molecule has 0 saturated heterocycles. The van der Waals surface area contributed by atoms with Gasteiger partial charge in [-0.15, -0.1) is 0 Å². The van der Waals surface area contributed by atoms with E-state index in [9.17, 15) is 5.11 Å². The van der Waals surface area contributed by atoms with E-state index in [1.807, 2.05) is 20.8 Å². The largest absolute Gasteiger partial charge is 0.390 e. The summed E-state index contributed by atoms with van der Waals surface area (Å²) in [5.74, 6) is 0.451. The maximum Gasteiger partial charge on any atom is 0.0801 e. The van der Waals surface area contributed by atoms with Crippen molar-refractivity contribution in [3.8, 4) is 0 Å². The Morgan fingerprint density at radius 2 is 1.76 bits per heavy atom. The Morgan fingerprint density at radius 3 is 2.35 bits per heavy atom. The summed E-state index contributed by atoms with van der Waals surface area (Å²) in [6, 6.07) is 0. The molecule has 1 N–H and O–H groups in total. The van der Waals surface area contributed by atoms with Crippen LogP contribution in [0, 0.1) is 5.92 Å². The van der Waals surface area contributed by atoms with Gasteiger partial charge in [0.1, 0.15) is 0 Å². The molecule has 0 radical (unpaired) electrons. The first-order chi connectivity index (χ1) is 7.99. The normalized spacial score (nSPS) is 20.5. The van der Waals surface area contributed by atoms with Crippen molar-refractivity contribution < 1.29 is 14.6 Å². The number of hydrogen-bond donors (Lipinski definition) is 1. The molecule has 0 bridgehead atoms. The summed E-state index contributed by atoms with van der Waals surface area (Å²) in [6.45, 7) is 7.72. The first-order valence-corrected chi connectivity index (χ1v) is 6.89. The van der Waals surface area contributed by atoms with Gasteiger partial charge in [-0.25, -0.2) is 0 Å². The first kappa shape index (κ1) is 14.9. The quantitative estimate of drug-likeness (QED) is 0.730. The van der Waals surface area contributed by atoms with Gasteiger partial charge in [-0.1, -0.05) is 19.3 Å². The summed E-state index contributed by atoms with van der Waals surface area (Å²) in [5.41, 5.74) is -0.106. The molecule has 1 saturated carbocycles. The zero-order valence-corrected chi connectivity index (χ0v) is 11.6. The molecule has 102 valence electrons. The summed E-state index contributed by atoms with van der Waals surface area (Å²) >= 11 is 0. The average Bonchev–Trinajstić information content (AvgIpc) is 2.28. The van der Waals surface area contributed by atoms with Gasteiger partial charge in [0.15, 0.2) is 0 Å². The Balaban J connectivity index is 2.01. The lowest BCUT2D eigenvalue weighted by molar-refractivity contribution is -0.0570. The number of rotatable bonds is 6. The van der Waals surface area contributed by atoms with Crippen molar-refractivity contribution in [1.82, 2.24) is 0 Å². The van der Waals surface area contributed by atoms with Gasteiger partial charge in [0.2, 0.25) is 0 Å². The molecule has 1 fully saturated rings. The molecule has 0 aromatic carbocycles. The molecule has 0 aromatic rings. The maximum absolute atomic E-state index is 9.97. The Morgan fingerprint density at radius 1 is 1.12 bits per heavy atom. The summed E-state index contributed by atoms with van der Waals surface area (Å²) in [6.07, 6.45) is 5.86. The molecule has 0 aromatic heterocycles. The molecule has 3 heteroatoms. The topological polar surface area (TPSA) is 38.7 Å². The standard InChI is InChI=1S/C14H28O3/c1-14(2,3)17-10-9-16-11-13(15)12-7-5-4-6-8-12/h12-13,15H,4-11H2,1-3H3. The molecule has 0 spiro atoms. The van der Waals surface area contributed by atoms with E-state index >= 15 is 0 Å². The molecule has 1 aliphatic carbocycles. The molecule has 1 atom stereocenters. The lowest BCUT2D eigenvalue weighted by Crippen LogP contribution is -2.29. The van der Waals surface area contributed by atoms with Gasteiger partial charge in [-0.05, 0) is 39.5 Å². The molecule has 1 unspecified atom stereocenters. The van der Waals surface area contributed by atoms with Gasteiger partial charge < -0.3 is 14.6 Å². The highest BCUT2D eigenvalue weighted by Gasteiger charge is 2.21. The van der Waals surface area contributed by atoms with Crippen LogP contribution >= 0.6 is 0 Å². The smallest absolute Gasteiger partial charge is 0.0801 e. The van der Waals surface area contributed by atoms with E-state index in [1.54, 1.807) is 0 Å². The van der Waals surface area contributed by atoms with Crippen LogP contribution in [0.25, 0.3) is 0 Å². The second-order valence-electron chi connectivity index (χ2n) is 6.00. The zero-order chi connectivity index (χ0) is 12.7. The molecule has 0 heterocycles. The van der Waals surface area contributed by atoms with Crippen molar-refractivity contribution in [2.24, 2.45) is 5.92 Å². The van der Waals surface area contributed by atoms with Crippen LogP contribution in [0.4, 0.5) is 0 Å². The van der Waals surface area contributed by atoms with Gasteiger partial charge in [-0.3, -0.25) is 0 Å². The van der Waals surface area contributed by atoms with E-state index < -0.39 is 0 Å². The van der Waals surface area contributed by atoms with E-state index in [4.69, 9.17) is 9.47 Å². The highest BCUT2D eigenvalue weighted by atomic mass is 16.5. The lowest BCUT2D eigenvalue weighted by Gasteiger charge is -2.26. The highest BCUT2D eigenvalue weighted by molar-refractivity contribution is 4.72. The first-order valence-electron chi connectivity index (χ1n) is 6.89. The summed E-state index contributed by atoms with van der Waals surface area (Å²) in [5, 5.41) is 9.97. The fourth-order valence-electron chi connectivity index (χ4n) is 2.27. The Labute approximate surface area is 105 Å². The molecular formula is C14H28O3. The molecule has 17 heavy (non-hydrogen) atoms. The summed E-state index contributed by atoms with van der Waals surface area (Å²) in [7, 11) is 0. The second kappa shape index (κ2) is 7.34. The third-order valence-corrected chi connectivity index (χ3v) is 3.25. The zero-order valence-electron chi connectivity index (χ0n) is 11.6. The molecule has 3 nitrogen and oxygen atoms in total. The van der Waals surface area contributed by atoms with Gasteiger partial charge >= 0.3 is 0 Å². The fourth-order valence-corrected chi connectivity index (χ4v) is 2.27. The van der Waals surface area contributed by atoms with E-state index in [1.165, 1.54) is 19.3 Å². The lowest BCUT2D eigenvalue weighted by atomic mass is 9.85.